The van der Waals surface area contributed by atoms with Gasteiger partial charge in [-0.15, -0.1) is 0 Å². The minimum absolute atomic E-state index is 0.0306. The molecule has 1 N–H and O–H groups in total. The molecular weight excluding hydrogens is 305 g/mol. The third-order valence-corrected chi connectivity index (χ3v) is 5.41. The second-order valence-electron chi connectivity index (χ2n) is 6.99. The Labute approximate surface area is 141 Å². The average molecular weight is 329 g/mol. The van der Waals surface area contributed by atoms with E-state index >= 15 is 0 Å². The van der Waals surface area contributed by atoms with E-state index in [0.717, 1.165) is 45.3 Å². The van der Waals surface area contributed by atoms with Crippen molar-refractivity contribution in [3.8, 4) is 0 Å². The topological polar surface area (TPSA) is 39.3 Å². The number of carbonyl (C=O) groups is 1. The molecule has 24 heavy (non-hydrogen) atoms. The number of hydrogen-bond donors (Lipinski definition) is 1. The van der Waals surface area contributed by atoms with E-state index < -0.39 is 0 Å². The lowest BCUT2D eigenvalue weighted by molar-refractivity contribution is 0.0549. The second kappa shape index (κ2) is 6.20. The Hall–Kier alpha value is -1.88. The lowest BCUT2D eigenvalue weighted by Crippen LogP contribution is -2.48. The number of aromatic amines is 1. The first-order chi connectivity index (χ1) is 11.7. The van der Waals surface area contributed by atoms with Gasteiger partial charge in [0.2, 0.25) is 0 Å². The maximum atomic E-state index is 13.9. The molecule has 1 aromatic heterocycles. The van der Waals surface area contributed by atoms with E-state index in [9.17, 15) is 9.18 Å². The van der Waals surface area contributed by atoms with Crippen molar-refractivity contribution in [2.45, 2.75) is 44.7 Å². The van der Waals surface area contributed by atoms with Gasteiger partial charge in [-0.05, 0) is 50.4 Å². The lowest BCUT2D eigenvalue weighted by atomic mass is 10.0. The Morgan fingerprint density at radius 2 is 1.96 bits per heavy atom. The normalized spacial score (nSPS) is 19.8. The Morgan fingerprint density at radius 3 is 2.58 bits per heavy atom. The first-order valence-corrected chi connectivity index (χ1v) is 8.99. The third-order valence-electron chi connectivity index (χ3n) is 5.41. The molecule has 2 aromatic rings. The fourth-order valence-corrected chi connectivity index (χ4v) is 3.87. The minimum Gasteiger partial charge on any atom is -0.350 e. The third kappa shape index (κ3) is 2.81. The van der Waals surface area contributed by atoms with E-state index in [4.69, 9.17) is 0 Å². The van der Waals surface area contributed by atoms with Crippen LogP contribution in [0.15, 0.2) is 24.3 Å². The van der Waals surface area contributed by atoms with Crippen LogP contribution in [0.5, 0.6) is 0 Å². The fourth-order valence-electron chi connectivity index (χ4n) is 3.87. The van der Waals surface area contributed by atoms with Gasteiger partial charge >= 0.3 is 0 Å². The van der Waals surface area contributed by atoms with Crippen molar-refractivity contribution in [3.63, 3.8) is 0 Å². The number of hydrogen-bond acceptors (Lipinski definition) is 2. The number of fused-ring (bicyclic) bond motifs is 1. The fraction of sp³-hybridized carbons (Fsp3) is 0.526. The SMILES string of the molecule is CCN1CCC(N(C(=O)c2cc3c(F)cccc3[nH]2)C2CC2)CC1. The Morgan fingerprint density at radius 1 is 1.25 bits per heavy atom. The monoisotopic (exact) mass is 329 g/mol. The molecule has 2 heterocycles. The predicted octanol–water partition coefficient (Wildman–Crippen LogP) is 3.40. The Balaban J connectivity index is 1.58. The Bertz CT molecular complexity index is 744. The number of H-pyrrole nitrogens is 1. The highest BCUT2D eigenvalue weighted by Gasteiger charge is 2.39. The maximum Gasteiger partial charge on any atom is 0.270 e. The van der Waals surface area contributed by atoms with Crippen LogP contribution in [0.1, 0.15) is 43.1 Å². The van der Waals surface area contributed by atoms with Crippen LogP contribution in [0.4, 0.5) is 4.39 Å². The van der Waals surface area contributed by atoms with Crippen molar-refractivity contribution in [2.24, 2.45) is 0 Å². The zero-order valence-corrected chi connectivity index (χ0v) is 14.1. The van der Waals surface area contributed by atoms with Gasteiger partial charge in [0, 0.05) is 36.1 Å². The molecular formula is C19H24FN3O. The van der Waals surface area contributed by atoms with Crippen LogP contribution in [-0.2, 0) is 0 Å². The number of amides is 1. The number of halogens is 1. The summed E-state index contributed by atoms with van der Waals surface area (Å²) in [5.74, 6) is -0.250. The highest BCUT2D eigenvalue weighted by atomic mass is 19.1. The van der Waals surface area contributed by atoms with Crippen molar-refractivity contribution in [1.82, 2.24) is 14.8 Å². The summed E-state index contributed by atoms with van der Waals surface area (Å²) in [7, 11) is 0. The molecule has 0 radical (unpaired) electrons. The van der Waals surface area contributed by atoms with Crippen LogP contribution in [0, 0.1) is 5.82 Å². The summed E-state index contributed by atoms with van der Waals surface area (Å²) in [4.78, 5) is 20.7. The van der Waals surface area contributed by atoms with Crippen molar-refractivity contribution in [1.29, 1.82) is 0 Å². The van der Waals surface area contributed by atoms with Crippen LogP contribution >= 0.6 is 0 Å². The summed E-state index contributed by atoms with van der Waals surface area (Å²) >= 11 is 0. The van der Waals surface area contributed by atoms with Gasteiger partial charge in [-0.25, -0.2) is 4.39 Å². The van der Waals surface area contributed by atoms with Crippen LogP contribution in [-0.4, -0.2) is 52.4 Å². The number of benzene rings is 1. The quantitative estimate of drug-likeness (QED) is 0.934. The van der Waals surface area contributed by atoms with Gasteiger partial charge in [-0.1, -0.05) is 13.0 Å². The van der Waals surface area contributed by atoms with Crippen molar-refractivity contribution in [2.75, 3.05) is 19.6 Å². The summed E-state index contributed by atoms with van der Waals surface area (Å²) in [5, 5.41) is 0.498. The molecule has 1 aliphatic heterocycles. The van der Waals surface area contributed by atoms with E-state index in [0.29, 0.717) is 28.7 Å². The highest BCUT2D eigenvalue weighted by molar-refractivity contribution is 5.98. The van der Waals surface area contributed by atoms with E-state index in [1.54, 1.807) is 12.1 Å². The van der Waals surface area contributed by atoms with E-state index in [2.05, 4.69) is 21.7 Å². The number of nitrogens with zero attached hydrogens (tertiary/aromatic N) is 2. The molecule has 1 amide bonds. The van der Waals surface area contributed by atoms with Crippen molar-refractivity contribution >= 4 is 16.8 Å². The van der Waals surface area contributed by atoms with Gasteiger partial charge in [0.1, 0.15) is 11.5 Å². The average Bonchev–Trinajstić information content (AvgIpc) is 3.33. The Kier molecular flexibility index (Phi) is 4.04. The number of likely N-dealkylation sites (tertiary alicyclic amines) is 1. The van der Waals surface area contributed by atoms with Gasteiger partial charge in [0.15, 0.2) is 0 Å². The van der Waals surface area contributed by atoms with Crippen LogP contribution in [0.25, 0.3) is 10.9 Å². The van der Waals surface area contributed by atoms with Crippen molar-refractivity contribution < 1.29 is 9.18 Å². The summed E-state index contributed by atoms with van der Waals surface area (Å²) in [6.45, 7) is 5.37. The number of piperidine rings is 1. The number of carbonyl (C=O) groups excluding carboxylic acids is 1. The molecule has 1 aliphatic carbocycles. The summed E-state index contributed by atoms with van der Waals surface area (Å²) in [6, 6.07) is 7.27. The lowest BCUT2D eigenvalue weighted by Gasteiger charge is -2.38. The van der Waals surface area contributed by atoms with Gasteiger partial charge < -0.3 is 14.8 Å². The van der Waals surface area contributed by atoms with E-state index in [1.807, 2.05) is 6.07 Å². The van der Waals surface area contributed by atoms with Gasteiger partial charge in [0.25, 0.3) is 5.91 Å². The molecule has 2 fully saturated rings. The van der Waals surface area contributed by atoms with Crippen LogP contribution < -0.4 is 0 Å². The van der Waals surface area contributed by atoms with E-state index in [1.165, 1.54) is 6.07 Å². The molecule has 4 rings (SSSR count). The molecule has 128 valence electrons. The smallest absolute Gasteiger partial charge is 0.270 e. The predicted molar refractivity (Wildman–Crippen MR) is 92.6 cm³/mol. The zero-order chi connectivity index (χ0) is 16.7. The summed E-state index contributed by atoms with van der Waals surface area (Å²) in [6.07, 6.45) is 4.25. The zero-order valence-electron chi connectivity index (χ0n) is 14.1. The molecule has 1 aromatic carbocycles. The summed E-state index contributed by atoms with van der Waals surface area (Å²) in [5.41, 5.74) is 1.20. The molecule has 1 saturated heterocycles. The molecule has 0 bridgehead atoms. The molecule has 0 atom stereocenters. The maximum absolute atomic E-state index is 13.9. The molecule has 0 spiro atoms. The molecule has 1 saturated carbocycles. The molecule has 5 heteroatoms. The number of rotatable bonds is 4. The van der Waals surface area contributed by atoms with Crippen molar-refractivity contribution in [3.05, 3.63) is 35.8 Å². The minimum atomic E-state index is -0.281. The van der Waals surface area contributed by atoms with Gasteiger partial charge in [0.05, 0.1) is 0 Å². The van der Waals surface area contributed by atoms with Crippen LogP contribution in [0.2, 0.25) is 0 Å². The number of aromatic nitrogens is 1. The molecule has 4 nitrogen and oxygen atoms in total. The molecule has 2 aliphatic rings. The summed E-state index contributed by atoms with van der Waals surface area (Å²) < 4.78 is 13.9. The largest absolute Gasteiger partial charge is 0.350 e. The first kappa shape index (κ1) is 15.6. The number of nitrogens with one attached hydrogen (secondary N) is 1. The van der Waals surface area contributed by atoms with Gasteiger partial charge in [-0.3, -0.25) is 4.79 Å². The first-order valence-electron chi connectivity index (χ1n) is 8.99. The highest BCUT2D eigenvalue weighted by Crippen LogP contribution is 2.33. The standard InChI is InChI=1S/C19H24FN3O/c1-2-22-10-8-14(9-11-22)23(13-6-7-13)19(24)18-12-15-16(20)4-3-5-17(15)21-18/h3-5,12-14,21H,2,6-11H2,1H3. The van der Waals surface area contributed by atoms with Gasteiger partial charge in [-0.2, -0.15) is 0 Å². The van der Waals surface area contributed by atoms with Crippen LogP contribution in [0.3, 0.4) is 0 Å². The van der Waals surface area contributed by atoms with E-state index in [-0.39, 0.29) is 11.7 Å². The second-order valence-corrected chi connectivity index (χ2v) is 6.99. The molecule has 0 unspecified atom stereocenters.